The van der Waals surface area contributed by atoms with E-state index in [1.165, 1.54) is 11.3 Å². The van der Waals surface area contributed by atoms with Gasteiger partial charge in [0.15, 0.2) is 0 Å². The smallest absolute Gasteiger partial charge is 0.321 e. The van der Waals surface area contributed by atoms with Crippen molar-refractivity contribution >= 4 is 28.3 Å². The molecule has 2 aromatic rings. The molecule has 8 nitrogen and oxygen atoms in total. The highest BCUT2D eigenvalue weighted by Crippen LogP contribution is 2.15. The Morgan fingerprint density at radius 3 is 3.13 bits per heavy atom. The van der Waals surface area contributed by atoms with E-state index in [0.29, 0.717) is 11.7 Å². The van der Waals surface area contributed by atoms with Gasteiger partial charge in [0.25, 0.3) is 0 Å². The van der Waals surface area contributed by atoms with Gasteiger partial charge in [-0.15, -0.1) is 10.2 Å². The van der Waals surface area contributed by atoms with E-state index in [1.54, 1.807) is 11.7 Å². The largest absolute Gasteiger partial charge is 0.375 e. The van der Waals surface area contributed by atoms with Crippen LogP contribution >= 0.6 is 11.3 Å². The first-order valence-corrected chi connectivity index (χ1v) is 8.21. The van der Waals surface area contributed by atoms with Crippen LogP contribution in [0.4, 0.5) is 15.7 Å². The quantitative estimate of drug-likeness (QED) is 0.880. The monoisotopic (exact) mass is 334 g/mol. The zero-order chi connectivity index (χ0) is 16.1. The van der Waals surface area contributed by atoms with Crippen LogP contribution in [0.5, 0.6) is 0 Å². The van der Waals surface area contributed by atoms with Crippen LogP contribution in [0, 0.1) is 0 Å². The number of carbonyl (C=O) groups is 1. The maximum atomic E-state index is 11.7. The molecule has 1 saturated heterocycles. The van der Waals surface area contributed by atoms with E-state index in [2.05, 4.69) is 37.6 Å². The van der Waals surface area contributed by atoms with E-state index < -0.39 is 0 Å². The predicted molar refractivity (Wildman–Crippen MR) is 87.6 cm³/mol. The van der Waals surface area contributed by atoms with Gasteiger partial charge in [-0.25, -0.2) is 9.78 Å². The number of morpholine rings is 1. The average Bonchev–Trinajstić information content (AvgIpc) is 3.06. The number of hydrogen-bond acceptors (Lipinski definition) is 7. The lowest BCUT2D eigenvalue weighted by atomic mass is 10.2. The molecule has 0 aliphatic carbocycles. The van der Waals surface area contributed by atoms with Crippen LogP contribution in [0.25, 0.3) is 0 Å². The van der Waals surface area contributed by atoms with E-state index in [1.807, 2.05) is 12.1 Å². The molecule has 3 rings (SSSR count). The molecule has 1 unspecified atom stereocenters. The predicted octanol–water partition coefficient (Wildman–Crippen LogP) is 1.48. The molecular formula is C14H18N6O2S. The van der Waals surface area contributed by atoms with Crippen molar-refractivity contribution in [2.45, 2.75) is 19.6 Å². The Balaban J connectivity index is 1.50. The maximum Gasteiger partial charge on any atom is 0.321 e. The summed E-state index contributed by atoms with van der Waals surface area (Å²) in [6, 6.07) is 3.62. The second-order valence-electron chi connectivity index (χ2n) is 5.20. The number of nitrogens with one attached hydrogen (secondary N) is 2. The highest BCUT2D eigenvalue weighted by atomic mass is 32.1. The number of pyridine rings is 1. The third kappa shape index (κ3) is 4.36. The Kier molecular flexibility index (Phi) is 4.99. The van der Waals surface area contributed by atoms with Crippen molar-refractivity contribution in [1.82, 2.24) is 20.5 Å². The highest BCUT2D eigenvalue weighted by molar-refractivity contribution is 7.13. The number of carbonyl (C=O) groups excluding carboxylic acids is 1. The molecule has 0 radical (unpaired) electrons. The molecule has 1 atom stereocenters. The molecule has 2 N–H and O–H groups in total. The summed E-state index contributed by atoms with van der Waals surface area (Å²) >= 11 is 1.27. The molecule has 23 heavy (non-hydrogen) atoms. The van der Waals surface area contributed by atoms with Crippen LogP contribution in [-0.4, -0.2) is 47.0 Å². The van der Waals surface area contributed by atoms with Crippen LogP contribution in [0.15, 0.2) is 23.8 Å². The summed E-state index contributed by atoms with van der Waals surface area (Å²) in [6.07, 6.45) is 2.00. The summed E-state index contributed by atoms with van der Waals surface area (Å²) in [5.41, 5.74) is 2.49. The summed E-state index contributed by atoms with van der Waals surface area (Å²) in [7, 11) is 0. The number of ether oxygens (including phenoxy) is 1. The molecule has 0 aromatic carbocycles. The average molecular weight is 334 g/mol. The molecule has 1 aliphatic rings. The molecule has 0 bridgehead atoms. The highest BCUT2D eigenvalue weighted by Gasteiger charge is 2.17. The summed E-state index contributed by atoms with van der Waals surface area (Å²) in [5, 5.41) is 13.2. The minimum absolute atomic E-state index is 0.218. The van der Waals surface area contributed by atoms with Crippen LogP contribution < -0.4 is 15.5 Å². The van der Waals surface area contributed by atoms with Gasteiger partial charge in [0, 0.05) is 25.8 Å². The van der Waals surface area contributed by atoms with Gasteiger partial charge in [-0.3, -0.25) is 5.32 Å². The van der Waals surface area contributed by atoms with Gasteiger partial charge in [0.05, 0.1) is 12.7 Å². The number of amides is 2. The van der Waals surface area contributed by atoms with E-state index in [-0.39, 0.29) is 12.1 Å². The Hall–Kier alpha value is -2.26. The van der Waals surface area contributed by atoms with Gasteiger partial charge >= 0.3 is 6.03 Å². The number of urea groups is 1. The van der Waals surface area contributed by atoms with E-state index in [0.717, 1.165) is 31.1 Å². The SMILES string of the molecule is CC1CN(c2ccc(CNC(=O)Nc3nncs3)cn2)CCO1. The van der Waals surface area contributed by atoms with Crippen molar-refractivity contribution in [3.8, 4) is 0 Å². The summed E-state index contributed by atoms with van der Waals surface area (Å²) < 4.78 is 5.53. The zero-order valence-electron chi connectivity index (χ0n) is 12.7. The Labute approximate surface area is 137 Å². The molecule has 9 heteroatoms. The van der Waals surface area contributed by atoms with E-state index >= 15 is 0 Å². The van der Waals surface area contributed by atoms with Crippen LogP contribution in [0.1, 0.15) is 12.5 Å². The molecule has 1 aliphatic heterocycles. The lowest BCUT2D eigenvalue weighted by Crippen LogP contribution is -2.41. The third-order valence-corrected chi connectivity index (χ3v) is 4.01. The van der Waals surface area contributed by atoms with Crippen molar-refractivity contribution < 1.29 is 9.53 Å². The lowest BCUT2D eigenvalue weighted by molar-refractivity contribution is 0.0529. The van der Waals surface area contributed by atoms with Crippen molar-refractivity contribution in [1.29, 1.82) is 0 Å². The number of hydrogen-bond donors (Lipinski definition) is 2. The molecule has 3 heterocycles. The molecular weight excluding hydrogens is 316 g/mol. The van der Waals surface area contributed by atoms with Crippen LogP contribution in [0.3, 0.4) is 0 Å². The Morgan fingerprint density at radius 1 is 1.52 bits per heavy atom. The number of aromatic nitrogens is 3. The van der Waals surface area contributed by atoms with Crippen molar-refractivity contribution in [3.05, 3.63) is 29.4 Å². The summed E-state index contributed by atoms with van der Waals surface area (Å²) in [5.74, 6) is 0.933. The van der Waals surface area contributed by atoms with Crippen molar-refractivity contribution in [2.75, 3.05) is 29.9 Å². The number of rotatable bonds is 4. The van der Waals surface area contributed by atoms with Crippen LogP contribution in [-0.2, 0) is 11.3 Å². The van der Waals surface area contributed by atoms with Gasteiger partial charge in [-0.1, -0.05) is 17.4 Å². The minimum atomic E-state index is -0.312. The first-order valence-electron chi connectivity index (χ1n) is 7.33. The molecule has 122 valence electrons. The maximum absolute atomic E-state index is 11.7. The van der Waals surface area contributed by atoms with E-state index in [9.17, 15) is 4.79 Å². The first-order chi connectivity index (χ1) is 11.2. The van der Waals surface area contributed by atoms with Crippen LogP contribution in [0.2, 0.25) is 0 Å². The topological polar surface area (TPSA) is 92.3 Å². The normalized spacial score (nSPS) is 17.8. The van der Waals surface area contributed by atoms with Crippen molar-refractivity contribution in [2.24, 2.45) is 0 Å². The van der Waals surface area contributed by atoms with Crippen molar-refractivity contribution in [3.63, 3.8) is 0 Å². The fourth-order valence-corrected chi connectivity index (χ4v) is 2.73. The molecule has 2 aromatic heterocycles. The Morgan fingerprint density at radius 2 is 2.43 bits per heavy atom. The Bertz CT molecular complexity index is 633. The second kappa shape index (κ2) is 7.34. The second-order valence-corrected chi connectivity index (χ2v) is 6.04. The fraction of sp³-hybridized carbons (Fsp3) is 0.429. The molecule has 2 amide bonds. The van der Waals surface area contributed by atoms with Gasteiger partial charge in [-0.05, 0) is 18.6 Å². The molecule has 0 saturated carbocycles. The third-order valence-electron chi connectivity index (χ3n) is 3.41. The van der Waals surface area contributed by atoms with Gasteiger partial charge in [0.2, 0.25) is 5.13 Å². The lowest BCUT2D eigenvalue weighted by Gasteiger charge is -2.32. The fourth-order valence-electron chi connectivity index (χ4n) is 2.29. The summed E-state index contributed by atoms with van der Waals surface area (Å²) in [4.78, 5) is 18.4. The van der Waals surface area contributed by atoms with Gasteiger partial charge < -0.3 is 15.0 Å². The summed E-state index contributed by atoms with van der Waals surface area (Å²) in [6.45, 7) is 4.87. The minimum Gasteiger partial charge on any atom is -0.375 e. The number of nitrogens with zero attached hydrogens (tertiary/aromatic N) is 4. The first kappa shape index (κ1) is 15.6. The number of anilines is 2. The van der Waals surface area contributed by atoms with E-state index in [4.69, 9.17) is 4.74 Å². The van der Waals surface area contributed by atoms with Gasteiger partial charge in [-0.2, -0.15) is 0 Å². The van der Waals surface area contributed by atoms with Gasteiger partial charge in [0.1, 0.15) is 11.3 Å². The molecule has 1 fully saturated rings. The zero-order valence-corrected chi connectivity index (χ0v) is 13.5. The standard InChI is InChI=1S/C14H18N6O2S/c1-10-8-20(4-5-22-10)12-3-2-11(6-15-12)7-16-13(21)18-14-19-17-9-23-14/h2-3,6,9-10H,4-5,7-8H2,1H3,(H2,16,18,19,21). The molecule has 0 spiro atoms.